The second-order valence-electron chi connectivity index (χ2n) is 7.32. The molecule has 0 unspecified atom stereocenters. The molecular formula is C21H20N2O8S. The number of nitrogens with zero attached hydrogens (tertiary/aromatic N) is 2. The topological polar surface area (TPSA) is 129 Å². The Morgan fingerprint density at radius 3 is 2.44 bits per heavy atom. The Kier molecular flexibility index (Phi) is 5.71. The van der Waals surface area contributed by atoms with E-state index in [1.54, 1.807) is 26.0 Å². The maximum Gasteiger partial charge on any atom is 0.336 e. The van der Waals surface area contributed by atoms with Crippen LogP contribution >= 0.6 is 0 Å². The number of morpholine rings is 1. The van der Waals surface area contributed by atoms with E-state index < -0.39 is 20.6 Å². The number of rotatable bonds is 5. The summed E-state index contributed by atoms with van der Waals surface area (Å²) in [6.45, 7) is 4.18. The van der Waals surface area contributed by atoms with Gasteiger partial charge in [-0.15, -0.1) is 0 Å². The quantitative estimate of drug-likeness (QED) is 0.323. The molecule has 11 heteroatoms. The predicted octanol–water partition coefficient (Wildman–Crippen LogP) is 3.13. The van der Waals surface area contributed by atoms with Crippen LogP contribution in [-0.4, -0.2) is 43.9 Å². The number of fused-ring (bicyclic) bond motifs is 1. The van der Waals surface area contributed by atoms with E-state index in [4.69, 9.17) is 13.9 Å². The van der Waals surface area contributed by atoms with E-state index in [2.05, 4.69) is 0 Å². The standard InChI is InChI=1S/C21H20N2O8S/c1-13-11-20(24)31-21-14(2)17(6-4-16(13)21)30-18-5-3-15(23(25)26)12-19(18)32(27,28)22-7-9-29-10-8-22/h3-6,11-12H,7-10H2,1-2H3. The van der Waals surface area contributed by atoms with E-state index in [-0.39, 0.29) is 48.4 Å². The van der Waals surface area contributed by atoms with Gasteiger partial charge in [-0.3, -0.25) is 10.1 Å². The summed E-state index contributed by atoms with van der Waals surface area (Å²) in [5, 5.41) is 12.0. The number of nitro groups is 1. The van der Waals surface area contributed by atoms with E-state index in [1.807, 2.05) is 0 Å². The molecule has 2 aromatic carbocycles. The van der Waals surface area contributed by atoms with Crippen LogP contribution in [0.1, 0.15) is 11.1 Å². The Bertz CT molecular complexity index is 1370. The van der Waals surface area contributed by atoms with E-state index in [9.17, 15) is 23.3 Å². The normalized spacial score (nSPS) is 15.1. The van der Waals surface area contributed by atoms with Crippen molar-refractivity contribution >= 4 is 26.7 Å². The number of non-ortho nitro benzene ring substituents is 1. The van der Waals surface area contributed by atoms with Crippen molar-refractivity contribution in [3.05, 3.63) is 68.1 Å². The van der Waals surface area contributed by atoms with Crippen molar-refractivity contribution in [2.45, 2.75) is 18.7 Å². The maximum atomic E-state index is 13.3. The van der Waals surface area contributed by atoms with Crippen LogP contribution in [0.4, 0.5) is 5.69 Å². The summed E-state index contributed by atoms with van der Waals surface area (Å²) < 4.78 is 44.2. The lowest BCUT2D eigenvalue weighted by atomic mass is 10.1. The highest BCUT2D eigenvalue weighted by molar-refractivity contribution is 7.89. The third-order valence-corrected chi connectivity index (χ3v) is 7.18. The fraction of sp³-hybridized carbons (Fsp3) is 0.286. The number of hydrogen-bond donors (Lipinski definition) is 0. The molecule has 0 saturated carbocycles. The van der Waals surface area contributed by atoms with Gasteiger partial charge < -0.3 is 13.9 Å². The second kappa shape index (κ2) is 8.34. The van der Waals surface area contributed by atoms with Gasteiger partial charge in [-0.2, -0.15) is 4.31 Å². The SMILES string of the molecule is Cc1cc(=O)oc2c(C)c(Oc3ccc([N+](=O)[O-])cc3S(=O)(=O)N3CCOCC3)ccc12. The minimum Gasteiger partial charge on any atom is -0.456 e. The molecule has 0 atom stereocenters. The van der Waals surface area contributed by atoms with Crippen LogP contribution in [0, 0.1) is 24.0 Å². The van der Waals surface area contributed by atoms with Gasteiger partial charge in [0.1, 0.15) is 22.0 Å². The molecule has 1 aliphatic heterocycles. The van der Waals surface area contributed by atoms with Gasteiger partial charge in [0.05, 0.1) is 18.1 Å². The zero-order chi connectivity index (χ0) is 23.0. The van der Waals surface area contributed by atoms with E-state index in [0.29, 0.717) is 11.1 Å². The van der Waals surface area contributed by atoms with E-state index in [0.717, 1.165) is 17.0 Å². The first kappa shape index (κ1) is 21.9. The molecule has 3 aromatic rings. The summed E-state index contributed by atoms with van der Waals surface area (Å²) in [6, 6.07) is 8.14. The zero-order valence-corrected chi connectivity index (χ0v) is 18.2. The highest BCUT2D eigenvalue weighted by Gasteiger charge is 2.31. The third-order valence-electron chi connectivity index (χ3n) is 5.26. The van der Waals surface area contributed by atoms with Gasteiger partial charge in [0.25, 0.3) is 5.69 Å². The highest BCUT2D eigenvalue weighted by Crippen LogP contribution is 2.37. The van der Waals surface area contributed by atoms with Gasteiger partial charge in [0.15, 0.2) is 0 Å². The minimum atomic E-state index is -4.09. The minimum absolute atomic E-state index is 0.0699. The van der Waals surface area contributed by atoms with Crippen molar-refractivity contribution in [2.75, 3.05) is 26.3 Å². The Morgan fingerprint density at radius 1 is 1.06 bits per heavy atom. The monoisotopic (exact) mass is 460 g/mol. The number of hydrogen-bond acceptors (Lipinski definition) is 8. The number of nitro benzene ring substituents is 1. The lowest BCUT2D eigenvalue weighted by Crippen LogP contribution is -2.40. The molecule has 0 amide bonds. The molecule has 0 aliphatic carbocycles. The van der Waals surface area contributed by atoms with Crippen LogP contribution in [-0.2, 0) is 14.8 Å². The van der Waals surface area contributed by atoms with Gasteiger partial charge in [0, 0.05) is 42.2 Å². The number of sulfonamides is 1. The molecule has 0 radical (unpaired) electrons. The van der Waals surface area contributed by atoms with Gasteiger partial charge >= 0.3 is 5.63 Å². The molecule has 4 rings (SSSR count). The van der Waals surface area contributed by atoms with Gasteiger partial charge in [-0.1, -0.05) is 0 Å². The Labute approximate surface area is 183 Å². The van der Waals surface area contributed by atoms with Crippen LogP contribution in [0.25, 0.3) is 11.0 Å². The second-order valence-corrected chi connectivity index (χ2v) is 9.23. The van der Waals surface area contributed by atoms with Crippen LogP contribution in [0.5, 0.6) is 11.5 Å². The van der Waals surface area contributed by atoms with Gasteiger partial charge in [-0.25, -0.2) is 13.2 Å². The van der Waals surface area contributed by atoms with Crippen LogP contribution < -0.4 is 10.4 Å². The lowest BCUT2D eigenvalue weighted by Gasteiger charge is -2.26. The summed E-state index contributed by atoms with van der Waals surface area (Å²) in [4.78, 5) is 22.1. The lowest BCUT2D eigenvalue weighted by molar-refractivity contribution is -0.385. The molecule has 10 nitrogen and oxygen atoms in total. The van der Waals surface area contributed by atoms with Crippen LogP contribution in [0.2, 0.25) is 0 Å². The third kappa shape index (κ3) is 3.97. The van der Waals surface area contributed by atoms with Crippen molar-refractivity contribution in [2.24, 2.45) is 0 Å². The summed E-state index contributed by atoms with van der Waals surface area (Å²) in [7, 11) is -4.09. The Morgan fingerprint density at radius 2 is 1.75 bits per heavy atom. The number of benzene rings is 2. The molecule has 168 valence electrons. The number of aryl methyl sites for hydroxylation is 2. The maximum absolute atomic E-state index is 13.3. The van der Waals surface area contributed by atoms with E-state index >= 15 is 0 Å². The molecule has 0 spiro atoms. The molecule has 1 aromatic heterocycles. The van der Waals surface area contributed by atoms with Crippen molar-refractivity contribution in [3.8, 4) is 11.5 Å². The first-order valence-corrected chi connectivity index (χ1v) is 11.2. The molecule has 2 heterocycles. The molecule has 1 aliphatic rings. The molecule has 0 N–H and O–H groups in total. The fourth-order valence-corrected chi connectivity index (χ4v) is 5.09. The smallest absolute Gasteiger partial charge is 0.336 e. The highest BCUT2D eigenvalue weighted by atomic mass is 32.2. The average Bonchev–Trinajstić information content (AvgIpc) is 2.76. The van der Waals surface area contributed by atoms with Crippen molar-refractivity contribution in [3.63, 3.8) is 0 Å². The van der Waals surface area contributed by atoms with Crippen molar-refractivity contribution < 1.29 is 27.2 Å². The Hall–Kier alpha value is -3.28. The molecule has 32 heavy (non-hydrogen) atoms. The summed E-state index contributed by atoms with van der Waals surface area (Å²) in [5.74, 6) is 0.193. The summed E-state index contributed by atoms with van der Waals surface area (Å²) in [5.41, 5.74) is 0.669. The predicted molar refractivity (Wildman–Crippen MR) is 115 cm³/mol. The number of ether oxygens (including phenoxy) is 2. The summed E-state index contributed by atoms with van der Waals surface area (Å²) >= 11 is 0. The average molecular weight is 460 g/mol. The van der Waals surface area contributed by atoms with Gasteiger partial charge in [0.2, 0.25) is 10.0 Å². The van der Waals surface area contributed by atoms with E-state index in [1.165, 1.54) is 22.5 Å². The van der Waals surface area contributed by atoms with Crippen molar-refractivity contribution in [1.29, 1.82) is 0 Å². The first-order chi connectivity index (χ1) is 15.2. The van der Waals surface area contributed by atoms with Gasteiger partial charge in [-0.05, 0) is 37.6 Å². The van der Waals surface area contributed by atoms with Crippen molar-refractivity contribution in [1.82, 2.24) is 4.31 Å². The molecule has 1 saturated heterocycles. The first-order valence-electron chi connectivity index (χ1n) is 9.77. The Balaban J connectivity index is 1.83. The zero-order valence-electron chi connectivity index (χ0n) is 17.4. The largest absolute Gasteiger partial charge is 0.456 e. The summed E-state index contributed by atoms with van der Waals surface area (Å²) in [6.07, 6.45) is 0. The molecular weight excluding hydrogens is 440 g/mol. The molecule has 0 bridgehead atoms. The molecule has 1 fully saturated rings. The van der Waals surface area contributed by atoms with Crippen LogP contribution in [0.3, 0.4) is 0 Å². The fourth-order valence-electron chi connectivity index (χ4n) is 3.55. The van der Waals surface area contributed by atoms with Crippen LogP contribution in [0.15, 0.2) is 50.5 Å².